The summed E-state index contributed by atoms with van der Waals surface area (Å²) in [6.07, 6.45) is 11.5. The van der Waals surface area contributed by atoms with Gasteiger partial charge in [0.25, 0.3) is 0 Å². The van der Waals surface area contributed by atoms with E-state index in [1.807, 2.05) is 24.3 Å². The molecule has 56 valence electrons. The highest BCUT2D eigenvalue weighted by molar-refractivity contribution is 5.41. The lowest BCUT2D eigenvalue weighted by atomic mass is 10.3. The second-order valence-corrected chi connectivity index (χ2v) is 2.01. The molecule has 0 N–H and O–H groups in total. The van der Waals surface area contributed by atoms with Crippen LogP contribution < -0.4 is 0 Å². The fourth-order valence-electron chi connectivity index (χ4n) is 0.724. The summed E-state index contributed by atoms with van der Waals surface area (Å²) in [6.45, 7) is 0. The smallest absolute Gasteiger partial charge is 0.234 e. The Morgan fingerprint density at radius 3 is 2.55 bits per heavy atom. The van der Waals surface area contributed by atoms with Crippen LogP contribution >= 0.6 is 0 Å². The van der Waals surface area contributed by atoms with Crippen molar-refractivity contribution < 1.29 is 4.92 Å². The summed E-state index contributed by atoms with van der Waals surface area (Å²) in [4.78, 5) is 9.34. The van der Waals surface area contributed by atoms with E-state index < -0.39 is 4.92 Å². The minimum atomic E-state index is -0.487. The van der Waals surface area contributed by atoms with Crippen LogP contribution in [-0.4, -0.2) is 4.92 Å². The number of hydrogen-bond donors (Lipinski definition) is 0. The zero-order valence-electron chi connectivity index (χ0n) is 5.81. The molecule has 0 atom stereocenters. The van der Waals surface area contributed by atoms with E-state index in [1.54, 1.807) is 6.08 Å². The monoisotopic (exact) mass is 149 g/mol. The van der Waals surface area contributed by atoms with Gasteiger partial charge >= 0.3 is 0 Å². The molecule has 1 rings (SSSR count). The minimum Gasteiger partial charge on any atom is -0.259 e. The van der Waals surface area contributed by atoms with Crippen LogP contribution in [0.2, 0.25) is 0 Å². The molecule has 0 radical (unpaired) electrons. The van der Waals surface area contributed by atoms with E-state index >= 15 is 0 Å². The van der Waals surface area contributed by atoms with Gasteiger partial charge < -0.3 is 0 Å². The maximum absolute atomic E-state index is 9.83. The normalized spacial score (nSPS) is 14.7. The predicted molar refractivity (Wildman–Crippen MR) is 42.5 cm³/mol. The van der Waals surface area contributed by atoms with Gasteiger partial charge in [-0.2, -0.15) is 0 Å². The van der Waals surface area contributed by atoms with E-state index in [0.29, 0.717) is 0 Å². The third-order valence-electron chi connectivity index (χ3n) is 1.18. The van der Waals surface area contributed by atoms with E-state index in [2.05, 4.69) is 0 Å². The standard InChI is InChI=1S/C8H7NO2/c10-9(11)7-3-6-8-4-1-2-5-8/h1-7H/b7-3+. The van der Waals surface area contributed by atoms with Crippen molar-refractivity contribution in [1.82, 2.24) is 0 Å². The molecule has 0 unspecified atom stereocenters. The van der Waals surface area contributed by atoms with Gasteiger partial charge in [-0.25, -0.2) is 0 Å². The lowest BCUT2D eigenvalue weighted by Gasteiger charge is -1.81. The van der Waals surface area contributed by atoms with Gasteiger partial charge in [0.2, 0.25) is 6.20 Å². The van der Waals surface area contributed by atoms with Crippen molar-refractivity contribution in [2.45, 2.75) is 0 Å². The Bertz CT molecular complexity index is 258. The first-order valence-corrected chi connectivity index (χ1v) is 3.16. The molecule has 0 fully saturated rings. The Morgan fingerprint density at radius 1 is 1.36 bits per heavy atom. The molecule has 3 heteroatoms. The van der Waals surface area contributed by atoms with Crippen LogP contribution in [0.1, 0.15) is 0 Å². The van der Waals surface area contributed by atoms with Crippen molar-refractivity contribution in [3.63, 3.8) is 0 Å². The Balaban J connectivity index is 2.54. The lowest BCUT2D eigenvalue weighted by molar-refractivity contribution is -0.402. The number of allylic oxidation sites excluding steroid dienone is 7. The molecule has 0 amide bonds. The fourth-order valence-corrected chi connectivity index (χ4v) is 0.724. The molecule has 0 aromatic heterocycles. The van der Waals surface area contributed by atoms with Gasteiger partial charge in [0.15, 0.2) is 0 Å². The highest BCUT2D eigenvalue weighted by Gasteiger charge is 1.88. The third-order valence-corrected chi connectivity index (χ3v) is 1.18. The van der Waals surface area contributed by atoms with Crippen molar-refractivity contribution in [1.29, 1.82) is 0 Å². The van der Waals surface area contributed by atoms with Gasteiger partial charge in [-0.3, -0.25) is 10.1 Å². The van der Waals surface area contributed by atoms with Crippen molar-refractivity contribution in [3.05, 3.63) is 58.3 Å². The van der Waals surface area contributed by atoms with Crippen LogP contribution in [0.4, 0.5) is 0 Å². The Kier molecular flexibility index (Phi) is 2.38. The van der Waals surface area contributed by atoms with Gasteiger partial charge in [-0.15, -0.1) is 0 Å². The summed E-state index contributed by atoms with van der Waals surface area (Å²) < 4.78 is 0. The van der Waals surface area contributed by atoms with E-state index in [4.69, 9.17) is 0 Å². The molecule has 0 aromatic rings. The van der Waals surface area contributed by atoms with Gasteiger partial charge in [-0.1, -0.05) is 24.3 Å². The second-order valence-electron chi connectivity index (χ2n) is 2.01. The topological polar surface area (TPSA) is 43.1 Å². The number of nitrogens with zero attached hydrogens (tertiary/aromatic N) is 1. The molecule has 0 heterocycles. The van der Waals surface area contributed by atoms with Gasteiger partial charge in [0, 0.05) is 6.08 Å². The van der Waals surface area contributed by atoms with Crippen LogP contribution in [0.15, 0.2) is 48.2 Å². The predicted octanol–water partition coefficient (Wildman–Crippen LogP) is 1.83. The van der Waals surface area contributed by atoms with Crippen LogP contribution in [0, 0.1) is 10.1 Å². The maximum Gasteiger partial charge on any atom is 0.234 e. The summed E-state index contributed by atoms with van der Waals surface area (Å²) in [5, 5.41) is 9.83. The van der Waals surface area contributed by atoms with E-state index in [0.717, 1.165) is 11.8 Å². The molecule has 0 aliphatic heterocycles. The van der Waals surface area contributed by atoms with Gasteiger partial charge in [0.05, 0.1) is 4.92 Å². The Labute approximate surface area is 64.2 Å². The average Bonchev–Trinajstić information content (AvgIpc) is 2.39. The summed E-state index contributed by atoms with van der Waals surface area (Å²) in [5.74, 6) is 0. The molecule has 1 aliphatic carbocycles. The van der Waals surface area contributed by atoms with Crippen LogP contribution in [-0.2, 0) is 0 Å². The first-order chi connectivity index (χ1) is 5.29. The van der Waals surface area contributed by atoms with Crippen LogP contribution in [0.25, 0.3) is 0 Å². The quantitative estimate of drug-likeness (QED) is 0.444. The number of rotatable bonds is 2. The minimum absolute atomic E-state index is 0.487. The number of hydrogen-bond acceptors (Lipinski definition) is 2. The van der Waals surface area contributed by atoms with Crippen LogP contribution in [0.3, 0.4) is 0 Å². The molecular weight excluding hydrogens is 142 g/mol. The molecule has 11 heavy (non-hydrogen) atoms. The van der Waals surface area contributed by atoms with Crippen molar-refractivity contribution >= 4 is 0 Å². The van der Waals surface area contributed by atoms with E-state index in [1.165, 1.54) is 6.08 Å². The second kappa shape index (κ2) is 3.51. The molecule has 0 aromatic carbocycles. The summed E-state index contributed by atoms with van der Waals surface area (Å²) in [5.41, 5.74) is 0.975. The molecular formula is C8H7NO2. The summed E-state index contributed by atoms with van der Waals surface area (Å²) >= 11 is 0. The first kappa shape index (κ1) is 7.47. The molecule has 0 spiro atoms. The molecule has 0 bridgehead atoms. The van der Waals surface area contributed by atoms with Gasteiger partial charge in [-0.05, 0) is 11.6 Å². The highest BCUT2D eigenvalue weighted by atomic mass is 16.6. The van der Waals surface area contributed by atoms with Crippen molar-refractivity contribution in [2.75, 3.05) is 0 Å². The Hall–Kier alpha value is -1.64. The largest absolute Gasteiger partial charge is 0.259 e. The molecule has 0 saturated carbocycles. The Morgan fingerprint density at radius 2 is 2.00 bits per heavy atom. The summed E-state index contributed by atoms with van der Waals surface area (Å²) in [6, 6.07) is 0. The molecule has 0 saturated heterocycles. The fraction of sp³-hybridized carbons (Fsp3) is 0. The zero-order valence-corrected chi connectivity index (χ0v) is 5.81. The zero-order chi connectivity index (χ0) is 8.10. The third kappa shape index (κ3) is 2.62. The van der Waals surface area contributed by atoms with Gasteiger partial charge in [0.1, 0.15) is 0 Å². The average molecular weight is 149 g/mol. The van der Waals surface area contributed by atoms with Crippen LogP contribution in [0.5, 0.6) is 0 Å². The van der Waals surface area contributed by atoms with Crippen molar-refractivity contribution in [2.24, 2.45) is 0 Å². The number of nitro groups is 1. The van der Waals surface area contributed by atoms with Crippen molar-refractivity contribution in [3.8, 4) is 0 Å². The SMILES string of the molecule is O=[N+]([O-])/C=C/C=C1C=CC=C1. The lowest BCUT2D eigenvalue weighted by Crippen LogP contribution is -1.80. The summed E-state index contributed by atoms with van der Waals surface area (Å²) in [7, 11) is 0. The van der Waals surface area contributed by atoms with E-state index in [9.17, 15) is 10.1 Å². The first-order valence-electron chi connectivity index (χ1n) is 3.16. The molecule has 1 aliphatic rings. The maximum atomic E-state index is 9.83. The van der Waals surface area contributed by atoms with E-state index in [-0.39, 0.29) is 0 Å². The molecule has 3 nitrogen and oxygen atoms in total. The highest BCUT2D eigenvalue weighted by Crippen LogP contribution is 2.06.